The third kappa shape index (κ3) is 4.37. The fraction of sp³-hybridized carbons (Fsp3) is 0.533. The Balaban J connectivity index is 0.00000264. The van der Waals surface area contributed by atoms with E-state index in [1.807, 2.05) is 0 Å². The first kappa shape index (κ1) is 19.7. The number of Topliss-reactive ketones (excluding diaryl/α,β-unsaturated/α-hetero) is 1. The largest absolute Gasteiger partial charge is 0.573 e. The lowest BCUT2D eigenvalue weighted by atomic mass is 9.74. The first-order valence-corrected chi connectivity index (χ1v) is 7.12. The van der Waals surface area contributed by atoms with Crippen molar-refractivity contribution in [3.05, 3.63) is 29.8 Å². The molecule has 2 atom stereocenters. The van der Waals surface area contributed by atoms with Crippen LogP contribution in [0.4, 0.5) is 13.2 Å². The molecule has 2 unspecified atom stereocenters. The number of aliphatic hydroxyl groups excluding tert-OH is 1. The van der Waals surface area contributed by atoms with Crippen molar-refractivity contribution in [3.63, 3.8) is 0 Å². The lowest BCUT2D eigenvalue weighted by molar-refractivity contribution is -0.274. The van der Waals surface area contributed by atoms with Gasteiger partial charge in [0, 0.05) is 0 Å². The van der Waals surface area contributed by atoms with Crippen molar-refractivity contribution in [3.8, 4) is 5.75 Å². The number of aliphatic hydroxyl groups is 1. The van der Waals surface area contributed by atoms with Crippen molar-refractivity contribution >= 4 is 18.2 Å². The highest BCUT2D eigenvalue weighted by Gasteiger charge is 2.45. The summed E-state index contributed by atoms with van der Waals surface area (Å²) in [4.78, 5) is 12.5. The average molecular weight is 354 g/mol. The van der Waals surface area contributed by atoms with E-state index in [9.17, 15) is 23.1 Å². The molecule has 4 nitrogen and oxygen atoms in total. The summed E-state index contributed by atoms with van der Waals surface area (Å²) >= 11 is 0. The molecule has 1 aromatic carbocycles. The molecular formula is C15H19ClF3NO3. The molecule has 0 aliphatic heterocycles. The maximum Gasteiger partial charge on any atom is 0.573 e. The van der Waals surface area contributed by atoms with Gasteiger partial charge in [-0.05, 0) is 43.5 Å². The molecule has 0 saturated heterocycles. The van der Waals surface area contributed by atoms with E-state index in [0.29, 0.717) is 31.4 Å². The number of halogens is 4. The maximum atomic E-state index is 12.5. The Bertz CT molecular complexity index is 549. The van der Waals surface area contributed by atoms with Gasteiger partial charge in [-0.3, -0.25) is 4.79 Å². The van der Waals surface area contributed by atoms with Gasteiger partial charge in [-0.15, -0.1) is 25.6 Å². The SMILES string of the molecule is CCNC1(c2cccc(OC(F)(F)F)c2)CCCC(O)C1=O.Cl. The molecule has 23 heavy (non-hydrogen) atoms. The van der Waals surface area contributed by atoms with Crippen LogP contribution in [0.2, 0.25) is 0 Å². The van der Waals surface area contributed by atoms with Gasteiger partial charge in [0.05, 0.1) is 0 Å². The summed E-state index contributed by atoms with van der Waals surface area (Å²) in [6.45, 7) is 2.24. The fourth-order valence-electron chi connectivity index (χ4n) is 2.92. The molecule has 0 spiro atoms. The van der Waals surface area contributed by atoms with Crippen LogP contribution >= 0.6 is 12.4 Å². The van der Waals surface area contributed by atoms with Gasteiger partial charge in [-0.25, -0.2) is 0 Å². The van der Waals surface area contributed by atoms with Gasteiger partial charge >= 0.3 is 6.36 Å². The van der Waals surface area contributed by atoms with Crippen LogP contribution in [0.1, 0.15) is 31.7 Å². The number of ether oxygens (including phenoxy) is 1. The molecular weight excluding hydrogens is 335 g/mol. The number of likely N-dealkylation sites (N-methyl/N-ethyl adjacent to an activating group) is 1. The van der Waals surface area contributed by atoms with Crippen LogP contribution < -0.4 is 10.1 Å². The lowest BCUT2D eigenvalue weighted by Crippen LogP contribution is -2.55. The monoisotopic (exact) mass is 353 g/mol. The predicted molar refractivity (Wildman–Crippen MR) is 80.6 cm³/mol. The van der Waals surface area contributed by atoms with Crippen LogP contribution in [0, 0.1) is 0 Å². The summed E-state index contributed by atoms with van der Waals surface area (Å²) in [5.74, 6) is -0.792. The second kappa shape index (κ2) is 7.51. The van der Waals surface area contributed by atoms with E-state index in [1.165, 1.54) is 18.2 Å². The van der Waals surface area contributed by atoms with E-state index in [1.54, 1.807) is 13.0 Å². The van der Waals surface area contributed by atoms with Gasteiger partial charge in [-0.2, -0.15) is 0 Å². The number of ketones is 1. The number of rotatable bonds is 4. The van der Waals surface area contributed by atoms with E-state index in [0.717, 1.165) is 0 Å². The molecule has 0 radical (unpaired) electrons. The van der Waals surface area contributed by atoms with Gasteiger partial charge < -0.3 is 15.2 Å². The van der Waals surface area contributed by atoms with E-state index in [4.69, 9.17) is 0 Å². The van der Waals surface area contributed by atoms with Crippen molar-refractivity contribution in [2.45, 2.75) is 44.2 Å². The zero-order chi connectivity index (χ0) is 16.4. The summed E-state index contributed by atoms with van der Waals surface area (Å²) in [7, 11) is 0. The molecule has 1 fully saturated rings. The van der Waals surface area contributed by atoms with Crippen LogP contribution in [-0.2, 0) is 10.3 Å². The number of alkyl halides is 3. The Morgan fingerprint density at radius 3 is 2.74 bits per heavy atom. The van der Waals surface area contributed by atoms with Crippen LogP contribution in [0.3, 0.4) is 0 Å². The summed E-state index contributed by atoms with van der Waals surface area (Å²) in [6, 6.07) is 5.36. The maximum absolute atomic E-state index is 12.5. The Morgan fingerprint density at radius 1 is 1.43 bits per heavy atom. The van der Waals surface area contributed by atoms with E-state index < -0.39 is 23.8 Å². The predicted octanol–water partition coefficient (Wildman–Crippen LogP) is 2.93. The lowest BCUT2D eigenvalue weighted by Gasteiger charge is -2.39. The average Bonchev–Trinajstić information content (AvgIpc) is 2.42. The van der Waals surface area contributed by atoms with Crippen LogP contribution in [0.15, 0.2) is 24.3 Å². The zero-order valence-electron chi connectivity index (χ0n) is 12.5. The number of hydrogen-bond acceptors (Lipinski definition) is 4. The minimum Gasteiger partial charge on any atom is -0.406 e. The molecule has 2 N–H and O–H groups in total. The van der Waals surface area contributed by atoms with Crippen molar-refractivity contribution in [2.75, 3.05) is 6.54 Å². The van der Waals surface area contributed by atoms with Crippen molar-refractivity contribution in [1.82, 2.24) is 5.32 Å². The zero-order valence-corrected chi connectivity index (χ0v) is 13.3. The Kier molecular flexibility index (Phi) is 6.44. The fourth-order valence-corrected chi connectivity index (χ4v) is 2.92. The molecule has 8 heteroatoms. The first-order chi connectivity index (χ1) is 10.3. The number of nitrogens with one attached hydrogen (secondary N) is 1. The quantitative estimate of drug-likeness (QED) is 0.874. The third-order valence-corrected chi connectivity index (χ3v) is 3.79. The number of carbonyl (C=O) groups is 1. The van der Waals surface area contributed by atoms with Crippen LogP contribution in [-0.4, -0.2) is 29.9 Å². The highest BCUT2D eigenvalue weighted by Crippen LogP contribution is 2.36. The van der Waals surface area contributed by atoms with Gasteiger partial charge in [0.2, 0.25) is 0 Å². The van der Waals surface area contributed by atoms with E-state index in [2.05, 4.69) is 10.1 Å². The molecule has 1 aliphatic rings. The smallest absolute Gasteiger partial charge is 0.406 e. The molecule has 1 saturated carbocycles. The summed E-state index contributed by atoms with van der Waals surface area (Å²) in [5.41, 5.74) is -0.794. The Morgan fingerprint density at radius 2 is 2.13 bits per heavy atom. The summed E-state index contributed by atoms with van der Waals surface area (Å²) in [6.07, 6.45) is -4.51. The molecule has 0 heterocycles. The highest BCUT2D eigenvalue weighted by molar-refractivity contribution is 5.94. The molecule has 2 rings (SSSR count). The number of benzene rings is 1. The Labute approximate surface area is 138 Å². The minimum atomic E-state index is -4.79. The molecule has 0 aromatic heterocycles. The normalized spacial score (nSPS) is 24.9. The van der Waals surface area contributed by atoms with Crippen molar-refractivity contribution in [2.24, 2.45) is 0 Å². The van der Waals surface area contributed by atoms with E-state index in [-0.39, 0.29) is 18.2 Å². The summed E-state index contributed by atoms with van der Waals surface area (Å²) in [5, 5.41) is 12.9. The summed E-state index contributed by atoms with van der Waals surface area (Å²) < 4.78 is 41.0. The van der Waals surface area contributed by atoms with Crippen molar-refractivity contribution < 1.29 is 27.8 Å². The van der Waals surface area contributed by atoms with Gasteiger partial charge in [0.25, 0.3) is 0 Å². The number of hydrogen-bond donors (Lipinski definition) is 2. The molecule has 0 bridgehead atoms. The second-order valence-corrected chi connectivity index (χ2v) is 5.28. The van der Waals surface area contributed by atoms with Gasteiger partial charge in [0.1, 0.15) is 17.4 Å². The molecule has 130 valence electrons. The van der Waals surface area contributed by atoms with E-state index >= 15 is 0 Å². The Hall–Kier alpha value is -1.31. The van der Waals surface area contributed by atoms with Gasteiger partial charge in [-0.1, -0.05) is 19.1 Å². The van der Waals surface area contributed by atoms with Gasteiger partial charge in [0.15, 0.2) is 5.78 Å². The molecule has 1 aliphatic carbocycles. The molecule has 1 aromatic rings. The standard InChI is InChI=1S/C15H18F3NO3.ClH/c1-2-19-14(8-4-7-12(20)13(14)21)10-5-3-6-11(9-10)22-15(16,17)18;/h3,5-6,9,12,19-20H,2,4,7-8H2,1H3;1H. The third-order valence-electron chi connectivity index (χ3n) is 3.79. The first-order valence-electron chi connectivity index (χ1n) is 7.12. The molecule has 0 amide bonds. The van der Waals surface area contributed by atoms with Crippen LogP contribution in [0.25, 0.3) is 0 Å². The number of carbonyl (C=O) groups excluding carboxylic acids is 1. The van der Waals surface area contributed by atoms with Crippen LogP contribution in [0.5, 0.6) is 5.75 Å². The topological polar surface area (TPSA) is 58.6 Å². The highest BCUT2D eigenvalue weighted by atomic mass is 35.5. The van der Waals surface area contributed by atoms with Crippen molar-refractivity contribution in [1.29, 1.82) is 0 Å². The second-order valence-electron chi connectivity index (χ2n) is 5.28. The minimum absolute atomic E-state index is 0.